The number of anilines is 1. The number of aromatic nitrogens is 2. The van der Waals surface area contributed by atoms with Crippen molar-refractivity contribution in [3.8, 4) is 0 Å². The SMILES string of the molecule is Cc1nc(Br)cc(NCC(=O)NCC(C)C)n1. The molecule has 1 aromatic heterocycles. The van der Waals surface area contributed by atoms with Crippen molar-refractivity contribution in [3.05, 3.63) is 16.5 Å². The number of nitrogens with zero attached hydrogens (tertiary/aromatic N) is 2. The van der Waals surface area contributed by atoms with E-state index in [4.69, 9.17) is 0 Å². The molecule has 17 heavy (non-hydrogen) atoms. The minimum atomic E-state index is -0.0360. The minimum absolute atomic E-state index is 0.0360. The van der Waals surface area contributed by atoms with E-state index in [1.165, 1.54) is 0 Å². The molecule has 0 saturated carbocycles. The maximum absolute atomic E-state index is 11.5. The predicted molar refractivity (Wildman–Crippen MR) is 70.8 cm³/mol. The first-order valence-electron chi connectivity index (χ1n) is 5.49. The molecule has 0 aliphatic carbocycles. The van der Waals surface area contributed by atoms with Crippen molar-refractivity contribution in [1.82, 2.24) is 15.3 Å². The lowest BCUT2D eigenvalue weighted by Gasteiger charge is -2.09. The molecule has 0 bridgehead atoms. The molecule has 0 spiro atoms. The molecule has 94 valence electrons. The van der Waals surface area contributed by atoms with Crippen molar-refractivity contribution in [3.63, 3.8) is 0 Å². The molecule has 0 fully saturated rings. The van der Waals surface area contributed by atoms with Crippen molar-refractivity contribution in [2.24, 2.45) is 5.92 Å². The van der Waals surface area contributed by atoms with Crippen LogP contribution < -0.4 is 10.6 Å². The number of carbonyl (C=O) groups is 1. The summed E-state index contributed by atoms with van der Waals surface area (Å²) in [5, 5.41) is 5.78. The molecule has 1 amide bonds. The molecule has 6 heteroatoms. The highest BCUT2D eigenvalue weighted by atomic mass is 79.9. The van der Waals surface area contributed by atoms with E-state index in [2.05, 4.69) is 50.4 Å². The van der Waals surface area contributed by atoms with Crippen LogP contribution in [0.5, 0.6) is 0 Å². The topological polar surface area (TPSA) is 66.9 Å². The third-order valence-electron chi connectivity index (χ3n) is 1.94. The van der Waals surface area contributed by atoms with Crippen LogP contribution in [0.4, 0.5) is 5.82 Å². The lowest BCUT2D eigenvalue weighted by Crippen LogP contribution is -2.32. The van der Waals surface area contributed by atoms with E-state index >= 15 is 0 Å². The molecule has 0 saturated heterocycles. The van der Waals surface area contributed by atoms with Gasteiger partial charge in [0.05, 0.1) is 6.54 Å². The normalized spacial score (nSPS) is 10.4. The van der Waals surface area contributed by atoms with E-state index < -0.39 is 0 Å². The number of hydrogen-bond donors (Lipinski definition) is 2. The molecule has 0 aliphatic heterocycles. The summed E-state index contributed by atoms with van der Waals surface area (Å²) in [6.07, 6.45) is 0. The molecule has 1 heterocycles. The molecule has 5 nitrogen and oxygen atoms in total. The van der Waals surface area contributed by atoms with E-state index in [0.29, 0.717) is 28.7 Å². The highest BCUT2D eigenvalue weighted by Crippen LogP contribution is 2.11. The smallest absolute Gasteiger partial charge is 0.239 e. The van der Waals surface area contributed by atoms with E-state index in [1.807, 2.05) is 0 Å². The molecule has 0 radical (unpaired) electrons. The van der Waals surface area contributed by atoms with Gasteiger partial charge in [0, 0.05) is 12.6 Å². The predicted octanol–water partition coefficient (Wildman–Crippen LogP) is 1.73. The largest absolute Gasteiger partial charge is 0.361 e. The first-order valence-corrected chi connectivity index (χ1v) is 6.28. The molecular formula is C11H17BrN4O. The summed E-state index contributed by atoms with van der Waals surface area (Å²) >= 11 is 3.28. The van der Waals surface area contributed by atoms with Crippen LogP contribution >= 0.6 is 15.9 Å². The van der Waals surface area contributed by atoms with Crippen molar-refractivity contribution in [2.75, 3.05) is 18.4 Å². The number of aryl methyl sites for hydroxylation is 1. The van der Waals surface area contributed by atoms with Gasteiger partial charge < -0.3 is 10.6 Å². The first-order chi connectivity index (χ1) is 7.97. The van der Waals surface area contributed by atoms with Gasteiger partial charge >= 0.3 is 0 Å². The Labute approximate surface area is 110 Å². The zero-order valence-electron chi connectivity index (χ0n) is 10.2. The Balaban J connectivity index is 2.42. The van der Waals surface area contributed by atoms with Crippen molar-refractivity contribution >= 4 is 27.7 Å². The molecule has 2 N–H and O–H groups in total. The quantitative estimate of drug-likeness (QED) is 0.813. The van der Waals surface area contributed by atoms with Crippen LogP contribution in [0.15, 0.2) is 10.7 Å². The van der Waals surface area contributed by atoms with Crippen molar-refractivity contribution < 1.29 is 4.79 Å². The fourth-order valence-corrected chi connectivity index (χ4v) is 1.65. The standard InChI is InChI=1S/C11H17BrN4O/c1-7(2)5-14-11(17)6-13-10-4-9(12)15-8(3)16-10/h4,7H,5-6H2,1-3H3,(H,14,17)(H,13,15,16). The van der Waals surface area contributed by atoms with Crippen LogP contribution in [0.2, 0.25) is 0 Å². The zero-order valence-corrected chi connectivity index (χ0v) is 11.8. The third kappa shape index (κ3) is 5.63. The van der Waals surface area contributed by atoms with E-state index in [1.54, 1.807) is 13.0 Å². The second kappa shape index (κ2) is 6.54. The average Bonchev–Trinajstić information content (AvgIpc) is 2.22. The number of rotatable bonds is 5. The van der Waals surface area contributed by atoms with E-state index in [-0.39, 0.29) is 12.5 Å². The van der Waals surface area contributed by atoms with Crippen molar-refractivity contribution in [1.29, 1.82) is 0 Å². The fraction of sp³-hybridized carbons (Fsp3) is 0.545. The number of nitrogens with one attached hydrogen (secondary N) is 2. The molecule has 0 atom stereocenters. The van der Waals surface area contributed by atoms with Gasteiger partial charge in [0.15, 0.2) is 0 Å². The van der Waals surface area contributed by atoms with Gasteiger partial charge in [-0.15, -0.1) is 0 Å². The highest BCUT2D eigenvalue weighted by molar-refractivity contribution is 9.10. The van der Waals surface area contributed by atoms with Gasteiger partial charge in [0.1, 0.15) is 16.2 Å². The van der Waals surface area contributed by atoms with Gasteiger partial charge in [-0.25, -0.2) is 9.97 Å². The van der Waals surface area contributed by atoms with E-state index in [0.717, 1.165) is 0 Å². The molecule has 1 aromatic rings. The Morgan fingerprint density at radius 3 is 2.76 bits per heavy atom. The third-order valence-corrected chi connectivity index (χ3v) is 2.35. The Bertz CT molecular complexity index is 375. The summed E-state index contributed by atoms with van der Waals surface area (Å²) in [7, 11) is 0. The first kappa shape index (κ1) is 13.9. The number of halogens is 1. The zero-order chi connectivity index (χ0) is 12.8. The molecule has 1 rings (SSSR count). The van der Waals surface area contributed by atoms with Gasteiger partial charge in [-0.1, -0.05) is 13.8 Å². The van der Waals surface area contributed by atoms with Crippen LogP contribution in [0.1, 0.15) is 19.7 Å². The lowest BCUT2D eigenvalue weighted by atomic mass is 10.2. The maximum atomic E-state index is 11.5. The number of amides is 1. The monoisotopic (exact) mass is 300 g/mol. The fourth-order valence-electron chi connectivity index (χ4n) is 1.17. The minimum Gasteiger partial charge on any atom is -0.361 e. The van der Waals surface area contributed by atoms with Crippen LogP contribution in [0, 0.1) is 12.8 Å². The Morgan fingerprint density at radius 1 is 1.47 bits per heavy atom. The number of carbonyl (C=O) groups excluding carboxylic acids is 1. The molecule has 0 aromatic carbocycles. The second-order valence-electron chi connectivity index (χ2n) is 4.17. The summed E-state index contributed by atoms with van der Waals surface area (Å²) in [4.78, 5) is 19.7. The number of hydrogen-bond acceptors (Lipinski definition) is 4. The van der Waals surface area contributed by atoms with Crippen LogP contribution in [0.25, 0.3) is 0 Å². The van der Waals surface area contributed by atoms with E-state index in [9.17, 15) is 4.79 Å². The summed E-state index contributed by atoms with van der Waals surface area (Å²) in [5.41, 5.74) is 0. The lowest BCUT2D eigenvalue weighted by molar-refractivity contribution is -0.119. The Morgan fingerprint density at radius 2 is 2.18 bits per heavy atom. The van der Waals surface area contributed by atoms with Gasteiger partial charge in [0.25, 0.3) is 0 Å². The van der Waals surface area contributed by atoms with Crippen molar-refractivity contribution in [2.45, 2.75) is 20.8 Å². The Hall–Kier alpha value is -1.17. The molecular weight excluding hydrogens is 284 g/mol. The summed E-state index contributed by atoms with van der Waals surface area (Å²) in [5.74, 6) is 1.72. The van der Waals surface area contributed by atoms with Gasteiger partial charge in [-0.3, -0.25) is 4.79 Å². The summed E-state index contributed by atoms with van der Waals surface area (Å²) in [6.45, 7) is 6.81. The summed E-state index contributed by atoms with van der Waals surface area (Å²) in [6, 6.07) is 1.74. The van der Waals surface area contributed by atoms with Crippen LogP contribution in [-0.2, 0) is 4.79 Å². The average molecular weight is 301 g/mol. The van der Waals surface area contributed by atoms with Gasteiger partial charge in [0.2, 0.25) is 5.91 Å². The highest BCUT2D eigenvalue weighted by Gasteiger charge is 2.04. The summed E-state index contributed by atoms with van der Waals surface area (Å²) < 4.78 is 0.704. The Kier molecular flexibility index (Phi) is 5.34. The second-order valence-corrected chi connectivity index (χ2v) is 4.99. The molecule has 0 aliphatic rings. The van der Waals surface area contributed by atoms with Crippen LogP contribution in [-0.4, -0.2) is 29.0 Å². The molecule has 0 unspecified atom stereocenters. The van der Waals surface area contributed by atoms with Gasteiger partial charge in [-0.2, -0.15) is 0 Å². The van der Waals surface area contributed by atoms with Crippen LogP contribution in [0.3, 0.4) is 0 Å². The van der Waals surface area contributed by atoms with Gasteiger partial charge in [-0.05, 0) is 28.8 Å². The maximum Gasteiger partial charge on any atom is 0.239 e.